The average molecular weight is 320 g/mol. The van der Waals surface area contributed by atoms with Crippen molar-refractivity contribution in [1.82, 2.24) is 19.3 Å². The number of imidazole rings is 1. The van der Waals surface area contributed by atoms with Gasteiger partial charge in [0.25, 0.3) is 0 Å². The van der Waals surface area contributed by atoms with Gasteiger partial charge in [0.15, 0.2) is 0 Å². The highest BCUT2D eigenvalue weighted by Crippen LogP contribution is 2.16. The molecule has 0 spiro atoms. The number of hydrogen-bond acceptors (Lipinski definition) is 2. The molecule has 0 unspecified atom stereocenters. The van der Waals surface area contributed by atoms with Gasteiger partial charge in [-0.05, 0) is 31.9 Å². The van der Waals surface area contributed by atoms with E-state index in [4.69, 9.17) is 0 Å². The van der Waals surface area contributed by atoms with Gasteiger partial charge in [0.05, 0.1) is 12.9 Å². The van der Waals surface area contributed by atoms with Crippen LogP contribution in [0.4, 0.5) is 0 Å². The van der Waals surface area contributed by atoms with Crippen molar-refractivity contribution in [3.63, 3.8) is 0 Å². The molecule has 0 saturated heterocycles. The third-order valence-corrected chi connectivity index (χ3v) is 2.86. The van der Waals surface area contributed by atoms with Crippen LogP contribution in [-0.2, 0) is 13.1 Å². The van der Waals surface area contributed by atoms with Crippen LogP contribution in [-0.4, -0.2) is 19.3 Å². The van der Waals surface area contributed by atoms with Crippen molar-refractivity contribution in [2.45, 2.75) is 13.1 Å². The zero-order chi connectivity index (χ0) is 9.97. The molecule has 4 nitrogen and oxygen atoms in total. The minimum absolute atomic E-state index is 0.822. The van der Waals surface area contributed by atoms with Gasteiger partial charge in [0, 0.05) is 25.0 Å². The van der Waals surface area contributed by atoms with E-state index in [1.165, 1.54) is 0 Å². The van der Waals surface area contributed by atoms with Gasteiger partial charge in [-0.25, -0.2) is 4.98 Å². The number of hydrogen-bond donors (Lipinski definition) is 0. The Bertz CT molecular complexity index is 407. The maximum atomic E-state index is 4.26. The molecule has 2 heterocycles. The molecule has 0 aromatic carbocycles. The number of rotatable bonds is 3. The van der Waals surface area contributed by atoms with Crippen LogP contribution in [0.15, 0.2) is 34.0 Å². The lowest BCUT2D eigenvalue weighted by Crippen LogP contribution is -2.07. The minimum atomic E-state index is 0.822. The van der Waals surface area contributed by atoms with Crippen molar-refractivity contribution in [3.05, 3.63) is 34.0 Å². The smallest absolute Gasteiger partial charge is 0.129 e. The van der Waals surface area contributed by atoms with Gasteiger partial charge in [-0.3, -0.25) is 4.68 Å². The van der Waals surface area contributed by atoms with Crippen LogP contribution in [0.2, 0.25) is 0 Å². The molecule has 2 rings (SSSR count). The first-order valence-corrected chi connectivity index (χ1v) is 5.69. The van der Waals surface area contributed by atoms with Crippen molar-refractivity contribution in [1.29, 1.82) is 0 Å². The Morgan fingerprint density at radius 1 is 1.29 bits per heavy atom. The summed E-state index contributed by atoms with van der Waals surface area (Å²) in [5, 5.41) is 4.26. The van der Waals surface area contributed by atoms with Crippen LogP contribution in [0, 0.1) is 0 Å². The van der Waals surface area contributed by atoms with E-state index < -0.39 is 0 Å². The second-order valence-electron chi connectivity index (χ2n) is 2.81. The third kappa shape index (κ3) is 2.24. The van der Waals surface area contributed by atoms with E-state index in [1.807, 2.05) is 21.5 Å². The van der Waals surface area contributed by atoms with Gasteiger partial charge < -0.3 is 4.57 Å². The van der Waals surface area contributed by atoms with Crippen molar-refractivity contribution < 1.29 is 0 Å². The summed E-state index contributed by atoms with van der Waals surface area (Å²) in [5.74, 6) is 0. The zero-order valence-corrected chi connectivity index (χ0v) is 10.4. The Morgan fingerprint density at radius 2 is 2.14 bits per heavy atom. The molecule has 6 heteroatoms. The van der Waals surface area contributed by atoms with Gasteiger partial charge in [0.1, 0.15) is 9.21 Å². The molecule has 0 aliphatic rings. The fraction of sp³-hybridized carbons (Fsp3) is 0.250. The van der Waals surface area contributed by atoms with Crippen LogP contribution in [0.3, 0.4) is 0 Å². The fourth-order valence-electron chi connectivity index (χ4n) is 1.15. The van der Waals surface area contributed by atoms with Crippen LogP contribution in [0.5, 0.6) is 0 Å². The van der Waals surface area contributed by atoms with Gasteiger partial charge in [-0.15, -0.1) is 0 Å². The standard InChI is InChI=1S/C8H8Br2N4/c9-7-5-8(10)14(12-7)4-3-13-2-1-11-6-13/h1-2,5-6H,3-4H2. The SMILES string of the molecule is Brc1cc(Br)n(CCn2ccnc2)n1. The molecule has 2 aromatic heterocycles. The van der Waals surface area contributed by atoms with Gasteiger partial charge in [-0.2, -0.15) is 5.10 Å². The molecule has 0 atom stereocenters. The molecule has 0 fully saturated rings. The molecule has 0 radical (unpaired) electrons. The maximum Gasteiger partial charge on any atom is 0.129 e. The quantitative estimate of drug-likeness (QED) is 0.870. The lowest BCUT2D eigenvalue weighted by atomic mass is 10.6. The summed E-state index contributed by atoms with van der Waals surface area (Å²) in [4.78, 5) is 3.97. The maximum absolute atomic E-state index is 4.26. The first-order chi connectivity index (χ1) is 6.75. The first kappa shape index (κ1) is 9.92. The second-order valence-corrected chi connectivity index (χ2v) is 4.44. The molecular formula is C8H8Br2N4. The number of halogens is 2. The molecule has 0 aliphatic heterocycles. The molecule has 74 valence electrons. The predicted molar refractivity (Wildman–Crippen MR) is 59.9 cm³/mol. The highest BCUT2D eigenvalue weighted by molar-refractivity contribution is 9.11. The first-order valence-electron chi connectivity index (χ1n) is 4.10. The highest BCUT2D eigenvalue weighted by Gasteiger charge is 2.02. The number of aryl methyl sites for hydroxylation is 2. The lowest BCUT2D eigenvalue weighted by Gasteiger charge is -2.03. The van der Waals surface area contributed by atoms with Gasteiger partial charge in [-0.1, -0.05) is 0 Å². The summed E-state index contributed by atoms with van der Waals surface area (Å²) in [5.41, 5.74) is 0. The Labute approximate surface area is 98.2 Å². The van der Waals surface area contributed by atoms with Crippen LogP contribution in [0.25, 0.3) is 0 Å². The normalized spacial score (nSPS) is 10.7. The Balaban J connectivity index is 2.01. The molecule has 0 saturated carbocycles. The summed E-state index contributed by atoms with van der Waals surface area (Å²) in [7, 11) is 0. The van der Waals surface area contributed by atoms with E-state index in [-0.39, 0.29) is 0 Å². The molecular weight excluding hydrogens is 312 g/mol. The molecule has 0 N–H and O–H groups in total. The summed E-state index contributed by atoms with van der Waals surface area (Å²) in [6.07, 6.45) is 5.51. The Morgan fingerprint density at radius 3 is 2.71 bits per heavy atom. The van der Waals surface area contributed by atoms with Crippen molar-refractivity contribution in [2.75, 3.05) is 0 Å². The van der Waals surface area contributed by atoms with Crippen LogP contribution >= 0.6 is 31.9 Å². The topological polar surface area (TPSA) is 35.6 Å². The van der Waals surface area contributed by atoms with E-state index in [1.54, 1.807) is 12.5 Å². The minimum Gasteiger partial charge on any atom is -0.336 e. The van der Waals surface area contributed by atoms with Crippen molar-refractivity contribution >= 4 is 31.9 Å². The predicted octanol–water partition coefficient (Wildman–Crippen LogP) is 2.30. The summed E-state index contributed by atoms with van der Waals surface area (Å²) in [6, 6.07) is 1.92. The van der Waals surface area contributed by atoms with E-state index >= 15 is 0 Å². The van der Waals surface area contributed by atoms with Crippen LogP contribution in [0.1, 0.15) is 0 Å². The van der Waals surface area contributed by atoms with E-state index in [0.29, 0.717) is 0 Å². The summed E-state index contributed by atoms with van der Waals surface area (Å²) >= 11 is 6.75. The van der Waals surface area contributed by atoms with E-state index in [2.05, 4.69) is 41.9 Å². The molecule has 0 amide bonds. The average Bonchev–Trinajstić information content (AvgIpc) is 2.72. The second kappa shape index (κ2) is 4.27. The van der Waals surface area contributed by atoms with E-state index in [9.17, 15) is 0 Å². The van der Waals surface area contributed by atoms with Crippen molar-refractivity contribution in [2.24, 2.45) is 0 Å². The monoisotopic (exact) mass is 318 g/mol. The van der Waals surface area contributed by atoms with Crippen LogP contribution < -0.4 is 0 Å². The lowest BCUT2D eigenvalue weighted by molar-refractivity contribution is 0.523. The fourth-order valence-corrected chi connectivity index (χ4v) is 2.34. The molecule has 2 aromatic rings. The molecule has 0 aliphatic carbocycles. The van der Waals surface area contributed by atoms with Gasteiger partial charge in [0.2, 0.25) is 0 Å². The third-order valence-electron chi connectivity index (χ3n) is 1.83. The summed E-state index contributed by atoms with van der Waals surface area (Å²) in [6.45, 7) is 1.69. The molecule has 0 bridgehead atoms. The largest absolute Gasteiger partial charge is 0.336 e. The summed E-state index contributed by atoms with van der Waals surface area (Å²) < 4.78 is 5.73. The highest BCUT2D eigenvalue weighted by atomic mass is 79.9. The van der Waals surface area contributed by atoms with Crippen molar-refractivity contribution in [3.8, 4) is 0 Å². The Hall–Kier alpha value is -0.620. The number of nitrogens with zero attached hydrogens (tertiary/aromatic N) is 4. The Kier molecular flexibility index (Phi) is 3.02. The van der Waals surface area contributed by atoms with E-state index in [0.717, 1.165) is 22.3 Å². The zero-order valence-electron chi connectivity index (χ0n) is 7.27. The number of aromatic nitrogens is 4. The van der Waals surface area contributed by atoms with Gasteiger partial charge >= 0.3 is 0 Å². The molecule has 14 heavy (non-hydrogen) atoms.